The molecule has 0 atom stereocenters. The van der Waals surface area contributed by atoms with Crippen LogP contribution in [-0.4, -0.2) is 3.21 Å². The molecule has 2 aromatic carbocycles. The first-order valence-electron chi connectivity index (χ1n) is 11.0. The van der Waals surface area contributed by atoms with Crippen molar-refractivity contribution in [3.8, 4) is 11.1 Å². The van der Waals surface area contributed by atoms with Crippen molar-refractivity contribution in [3.63, 3.8) is 0 Å². The van der Waals surface area contributed by atoms with Gasteiger partial charge in [-0.1, -0.05) is 0 Å². The molecule has 0 radical (unpaired) electrons. The van der Waals surface area contributed by atoms with E-state index in [-0.39, 0.29) is 0 Å². The van der Waals surface area contributed by atoms with Crippen molar-refractivity contribution < 1.29 is 21.3 Å². The minimum absolute atomic E-state index is 1.15. The third-order valence-corrected chi connectivity index (χ3v) is 14.6. The van der Waals surface area contributed by atoms with E-state index in [2.05, 4.69) is 62.4 Å². The van der Waals surface area contributed by atoms with Crippen LogP contribution in [0.15, 0.2) is 51.8 Å². The molecule has 0 N–H and O–H groups in total. The fourth-order valence-electron chi connectivity index (χ4n) is 5.38. The Labute approximate surface area is 177 Å². The van der Waals surface area contributed by atoms with E-state index in [1.807, 2.05) is 6.49 Å². The quantitative estimate of drug-likeness (QED) is 0.396. The van der Waals surface area contributed by atoms with E-state index in [9.17, 15) is 0 Å². The summed E-state index contributed by atoms with van der Waals surface area (Å²) in [6.45, 7) is 4.55. The molecule has 0 aliphatic heterocycles. The van der Waals surface area contributed by atoms with E-state index in [1.54, 1.807) is 20.0 Å². The Morgan fingerprint density at radius 1 is 0.821 bits per heavy atom. The molecule has 1 fully saturated rings. The summed E-state index contributed by atoms with van der Waals surface area (Å²) in [5.41, 5.74) is 9.13. The third-order valence-electron chi connectivity index (χ3n) is 6.74. The summed E-state index contributed by atoms with van der Waals surface area (Å²) in [5.74, 6) is 0. The first kappa shape index (κ1) is 18.7. The van der Waals surface area contributed by atoms with Gasteiger partial charge in [0.15, 0.2) is 0 Å². The standard InChI is InChI=1S/C15H13.C7H12.C5H5.Zr/c1-10-3-5-12-9-13-6-4-11(2)8-15(13)14(12)7-10;1-2-4-6-7-5-3-1;1-2-4-5-3-1;/h3-5,7-8H,9H2,1-2H3;1-6H2;1-3H,4H2;. The van der Waals surface area contributed by atoms with Gasteiger partial charge in [0.05, 0.1) is 0 Å². The molecule has 3 aliphatic rings. The zero-order valence-corrected chi connectivity index (χ0v) is 19.7. The second-order valence-electron chi connectivity index (χ2n) is 8.89. The normalized spacial score (nSPS) is 17.9. The topological polar surface area (TPSA) is 0 Å². The Morgan fingerprint density at radius 3 is 2.36 bits per heavy atom. The summed E-state index contributed by atoms with van der Waals surface area (Å²) < 4.78 is 5.62. The number of allylic oxidation sites excluding steroid dienone is 4. The Morgan fingerprint density at radius 2 is 1.61 bits per heavy atom. The minimum atomic E-state index is -2.00. The van der Waals surface area contributed by atoms with Crippen LogP contribution in [0.1, 0.15) is 67.2 Å². The third kappa shape index (κ3) is 3.41. The number of aryl methyl sites for hydroxylation is 2. The van der Waals surface area contributed by atoms with Crippen molar-refractivity contribution in [2.75, 3.05) is 0 Å². The maximum atomic E-state index is 2.60. The monoisotopic (exact) mass is 444 g/mol. The van der Waals surface area contributed by atoms with Gasteiger partial charge in [-0.3, -0.25) is 0 Å². The average molecular weight is 446 g/mol. The SMILES string of the molecule is Cc1ccc2c(c1)-c1cc(C)c[c]([Zr]([C]3=CC=CC3)=[C]3CCCCCC3)c1C2. The summed E-state index contributed by atoms with van der Waals surface area (Å²) in [6, 6.07) is 12.2. The van der Waals surface area contributed by atoms with Crippen LogP contribution in [-0.2, 0) is 27.7 Å². The van der Waals surface area contributed by atoms with E-state index < -0.39 is 21.3 Å². The van der Waals surface area contributed by atoms with Crippen molar-refractivity contribution in [2.24, 2.45) is 0 Å². The molecule has 0 nitrogen and oxygen atoms in total. The van der Waals surface area contributed by atoms with Crippen LogP contribution in [0.25, 0.3) is 11.1 Å². The van der Waals surface area contributed by atoms with Crippen molar-refractivity contribution in [1.82, 2.24) is 0 Å². The second-order valence-corrected chi connectivity index (χ2v) is 15.4. The van der Waals surface area contributed by atoms with E-state index in [0.717, 1.165) is 6.42 Å². The van der Waals surface area contributed by atoms with Crippen molar-refractivity contribution in [1.29, 1.82) is 0 Å². The molecule has 0 spiro atoms. The molecule has 5 rings (SSSR count). The zero-order valence-electron chi connectivity index (χ0n) is 17.3. The fourth-order valence-corrected chi connectivity index (χ4v) is 14.0. The molecule has 3 aliphatic carbocycles. The van der Waals surface area contributed by atoms with E-state index in [4.69, 9.17) is 0 Å². The van der Waals surface area contributed by atoms with Gasteiger partial charge in [0.2, 0.25) is 0 Å². The van der Waals surface area contributed by atoms with Crippen LogP contribution in [0, 0.1) is 13.8 Å². The van der Waals surface area contributed by atoms with E-state index in [0.29, 0.717) is 0 Å². The molecule has 0 bridgehead atoms. The molecule has 0 unspecified atom stereocenters. The zero-order chi connectivity index (χ0) is 19.1. The molecule has 142 valence electrons. The summed E-state index contributed by atoms with van der Waals surface area (Å²) in [6.07, 6.45) is 18.1. The van der Waals surface area contributed by atoms with Crippen LogP contribution in [0.4, 0.5) is 0 Å². The molecule has 28 heavy (non-hydrogen) atoms. The summed E-state index contributed by atoms with van der Waals surface area (Å²) in [4.78, 5) is 0. The van der Waals surface area contributed by atoms with Gasteiger partial charge in [-0.15, -0.1) is 0 Å². The van der Waals surface area contributed by atoms with Gasteiger partial charge in [0.25, 0.3) is 0 Å². The van der Waals surface area contributed by atoms with Gasteiger partial charge in [-0.2, -0.15) is 0 Å². The summed E-state index contributed by atoms with van der Waals surface area (Å²) in [7, 11) is 0. The molecule has 0 aromatic heterocycles. The number of hydrogen-bond donors (Lipinski definition) is 0. The molecule has 2 aromatic rings. The predicted molar refractivity (Wildman–Crippen MR) is 118 cm³/mol. The van der Waals surface area contributed by atoms with Crippen LogP contribution in [0.5, 0.6) is 0 Å². The molecule has 0 saturated heterocycles. The van der Waals surface area contributed by atoms with Crippen LogP contribution in [0.2, 0.25) is 0 Å². The summed E-state index contributed by atoms with van der Waals surface area (Å²) in [5, 5.41) is 0. The van der Waals surface area contributed by atoms with Gasteiger partial charge in [0, 0.05) is 0 Å². The number of hydrogen-bond acceptors (Lipinski definition) is 0. The van der Waals surface area contributed by atoms with Crippen LogP contribution in [0.3, 0.4) is 0 Å². The van der Waals surface area contributed by atoms with Gasteiger partial charge < -0.3 is 0 Å². The molecular weight excluding hydrogens is 416 g/mol. The first-order valence-corrected chi connectivity index (χ1v) is 14.7. The Kier molecular flexibility index (Phi) is 5.23. The van der Waals surface area contributed by atoms with Crippen LogP contribution >= 0.6 is 0 Å². The predicted octanol–water partition coefficient (Wildman–Crippen LogP) is 6.49. The van der Waals surface area contributed by atoms with E-state index in [1.165, 1.54) is 61.6 Å². The van der Waals surface area contributed by atoms with Crippen molar-refractivity contribution in [3.05, 3.63) is 74.1 Å². The Bertz CT molecular complexity index is 1020. The second kappa shape index (κ2) is 7.83. The van der Waals surface area contributed by atoms with Crippen LogP contribution < -0.4 is 3.27 Å². The maximum absolute atomic E-state index is 2.60. The molecule has 0 heterocycles. The van der Waals surface area contributed by atoms with Crippen molar-refractivity contribution in [2.45, 2.75) is 65.2 Å². The molecule has 1 heteroatoms. The number of benzene rings is 2. The summed E-state index contributed by atoms with van der Waals surface area (Å²) >= 11 is -2.00. The number of fused-ring (bicyclic) bond motifs is 3. The van der Waals surface area contributed by atoms with E-state index >= 15 is 0 Å². The Hall–Kier alpha value is -1.33. The fraction of sp³-hybridized carbons (Fsp3) is 0.370. The van der Waals surface area contributed by atoms with Gasteiger partial charge in [-0.25, -0.2) is 0 Å². The molecular formula is C27H30Zr. The molecule has 1 saturated carbocycles. The van der Waals surface area contributed by atoms with Crippen molar-refractivity contribution >= 4 is 6.48 Å². The molecule has 0 amide bonds. The van der Waals surface area contributed by atoms with Gasteiger partial charge >= 0.3 is 178 Å². The van der Waals surface area contributed by atoms with Gasteiger partial charge in [0.1, 0.15) is 0 Å². The number of rotatable bonds is 2. The first-order chi connectivity index (χ1) is 13.7. The average Bonchev–Trinajstić information content (AvgIpc) is 3.24. The Balaban J connectivity index is 1.72. The van der Waals surface area contributed by atoms with Gasteiger partial charge in [-0.05, 0) is 0 Å².